The van der Waals surface area contributed by atoms with E-state index in [1.165, 1.54) is 16.4 Å². The Bertz CT molecular complexity index is 1340. The SMILES string of the molecule is COc1cccc2c(C)cc(=O)n(CCC(=O)Nc3ccc(S(=O)(=O)N4CCCC4)cc3)c12. The Morgan fingerprint density at radius 2 is 1.79 bits per heavy atom. The van der Waals surface area contributed by atoms with Gasteiger partial charge in [0.25, 0.3) is 5.56 Å². The first-order valence-electron chi connectivity index (χ1n) is 10.9. The lowest BCUT2D eigenvalue weighted by atomic mass is 10.1. The minimum atomic E-state index is -3.50. The molecule has 2 heterocycles. The van der Waals surface area contributed by atoms with Gasteiger partial charge in [0.1, 0.15) is 5.75 Å². The van der Waals surface area contributed by atoms with Gasteiger partial charge < -0.3 is 14.6 Å². The molecule has 1 N–H and O–H groups in total. The van der Waals surface area contributed by atoms with E-state index in [1.807, 2.05) is 19.1 Å². The van der Waals surface area contributed by atoms with Crippen LogP contribution < -0.4 is 15.6 Å². The fourth-order valence-corrected chi connectivity index (χ4v) is 5.70. The van der Waals surface area contributed by atoms with E-state index in [-0.39, 0.29) is 29.3 Å². The third-order valence-corrected chi connectivity index (χ3v) is 7.84. The topological polar surface area (TPSA) is 97.7 Å². The van der Waals surface area contributed by atoms with Gasteiger partial charge in [0.2, 0.25) is 15.9 Å². The molecule has 3 aromatic rings. The maximum atomic E-state index is 12.6. The van der Waals surface area contributed by atoms with Crippen LogP contribution in [0.1, 0.15) is 24.8 Å². The Balaban J connectivity index is 1.47. The molecule has 1 aliphatic heterocycles. The van der Waals surface area contributed by atoms with Crippen LogP contribution in [0, 0.1) is 6.92 Å². The Labute approximate surface area is 192 Å². The van der Waals surface area contributed by atoms with Gasteiger partial charge in [-0.1, -0.05) is 12.1 Å². The summed E-state index contributed by atoms with van der Waals surface area (Å²) in [6.07, 6.45) is 1.82. The molecule has 4 rings (SSSR count). The first-order valence-corrected chi connectivity index (χ1v) is 12.3. The summed E-state index contributed by atoms with van der Waals surface area (Å²) in [6.45, 7) is 3.13. The van der Waals surface area contributed by atoms with Gasteiger partial charge in [0, 0.05) is 43.2 Å². The number of amides is 1. The Morgan fingerprint density at radius 3 is 2.45 bits per heavy atom. The van der Waals surface area contributed by atoms with E-state index in [4.69, 9.17) is 4.74 Å². The molecule has 9 heteroatoms. The number of nitrogens with zero attached hydrogens (tertiary/aromatic N) is 2. The summed E-state index contributed by atoms with van der Waals surface area (Å²) in [5.41, 5.74) is 1.81. The quantitative estimate of drug-likeness (QED) is 0.573. The molecule has 1 amide bonds. The van der Waals surface area contributed by atoms with Crippen molar-refractivity contribution in [3.63, 3.8) is 0 Å². The molecular formula is C24H27N3O5S. The molecule has 1 aliphatic rings. The van der Waals surface area contributed by atoms with Gasteiger partial charge >= 0.3 is 0 Å². The number of ether oxygens (including phenoxy) is 1. The van der Waals surface area contributed by atoms with E-state index >= 15 is 0 Å². The molecule has 8 nitrogen and oxygen atoms in total. The Morgan fingerprint density at radius 1 is 1.09 bits per heavy atom. The number of nitrogens with one attached hydrogen (secondary N) is 1. The van der Waals surface area contributed by atoms with Gasteiger partial charge in [-0.15, -0.1) is 0 Å². The van der Waals surface area contributed by atoms with Gasteiger partial charge in [-0.2, -0.15) is 4.31 Å². The summed E-state index contributed by atoms with van der Waals surface area (Å²) in [5.74, 6) is 0.296. The molecule has 0 aliphatic carbocycles. The molecular weight excluding hydrogens is 442 g/mol. The van der Waals surface area contributed by atoms with Crippen LogP contribution in [0.4, 0.5) is 5.69 Å². The highest BCUT2D eigenvalue weighted by Gasteiger charge is 2.27. The number of hydrogen-bond acceptors (Lipinski definition) is 5. The highest BCUT2D eigenvalue weighted by Crippen LogP contribution is 2.27. The number of aromatic nitrogens is 1. The first-order chi connectivity index (χ1) is 15.8. The van der Waals surface area contributed by atoms with Crippen molar-refractivity contribution in [1.29, 1.82) is 0 Å². The van der Waals surface area contributed by atoms with Gasteiger partial charge in [0.15, 0.2) is 0 Å². The molecule has 1 fully saturated rings. The number of carbonyl (C=O) groups is 1. The van der Waals surface area contributed by atoms with Crippen LogP contribution in [0.5, 0.6) is 5.75 Å². The predicted molar refractivity (Wildman–Crippen MR) is 127 cm³/mol. The van der Waals surface area contributed by atoms with Crippen molar-refractivity contribution in [2.45, 2.75) is 37.6 Å². The number of methoxy groups -OCH3 is 1. The van der Waals surface area contributed by atoms with Crippen LogP contribution in [-0.4, -0.2) is 43.4 Å². The second-order valence-corrected chi connectivity index (χ2v) is 10.0. The van der Waals surface area contributed by atoms with Crippen molar-refractivity contribution in [2.24, 2.45) is 0 Å². The lowest BCUT2D eigenvalue weighted by Crippen LogP contribution is -2.27. The maximum Gasteiger partial charge on any atom is 0.251 e. The maximum absolute atomic E-state index is 12.6. The Kier molecular flexibility index (Phi) is 6.53. The molecule has 174 valence electrons. The van der Waals surface area contributed by atoms with Gasteiger partial charge in [-0.3, -0.25) is 9.59 Å². The van der Waals surface area contributed by atoms with E-state index in [1.54, 1.807) is 35.9 Å². The number of anilines is 1. The van der Waals surface area contributed by atoms with Crippen molar-refractivity contribution in [3.05, 3.63) is 64.4 Å². The summed E-state index contributed by atoms with van der Waals surface area (Å²) >= 11 is 0. The molecule has 1 saturated heterocycles. The minimum Gasteiger partial charge on any atom is -0.495 e. The second kappa shape index (κ2) is 9.36. The third kappa shape index (κ3) is 4.65. The lowest BCUT2D eigenvalue weighted by molar-refractivity contribution is -0.116. The summed E-state index contributed by atoms with van der Waals surface area (Å²) in [4.78, 5) is 25.4. The van der Waals surface area contributed by atoms with Crippen LogP contribution in [0.15, 0.2) is 58.2 Å². The van der Waals surface area contributed by atoms with E-state index in [0.717, 1.165) is 23.8 Å². The summed E-state index contributed by atoms with van der Waals surface area (Å²) in [6, 6.07) is 13.3. The zero-order chi connectivity index (χ0) is 23.6. The number of carbonyl (C=O) groups excluding carboxylic acids is 1. The average molecular weight is 470 g/mol. The normalized spacial score (nSPS) is 14.5. The van der Waals surface area contributed by atoms with Crippen LogP contribution in [0.2, 0.25) is 0 Å². The molecule has 0 radical (unpaired) electrons. The largest absolute Gasteiger partial charge is 0.495 e. The predicted octanol–water partition coefficient (Wildman–Crippen LogP) is 3.13. The fourth-order valence-electron chi connectivity index (χ4n) is 4.18. The summed E-state index contributed by atoms with van der Waals surface area (Å²) < 4.78 is 33.8. The van der Waals surface area contributed by atoms with Gasteiger partial charge in [-0.05, 0) is 55.7 Å². The number of fused-ring (bicyclic) bond motifs is 1. The van der Waals surface area contributed by atoms with Crippen LogP contribution in [0.25, 0.3) is 10.9 Å². The number of rotatable bonds is 7. The Hall–Kier alpha value is -3.17. The number of hydrogen-bond donors (Lipinski definition) is 1. The van der Waals surface area contributed by atoms with Crippen molar-refractivity contribution < 1.29 is 17.9 Å². The first kappa shape index (κ1) is 23.0. The van der Waals surface area contributed by atoms with Gasteiger partial charge in [-0.25, -0.2) is 8.42 Å². The lowest BCUT2D eigenvalue weighted by Gasteiger charge is -2.16. The van der Waals surface area contributed by atoms with E-state index in [0.29, 0.717) is 30.0 Å². The number of pyridine rings is 1. The number of sulfonamides is 1. The van der Waals surface area contributed by atoms with Gasteiger partial charge in [0.05, 0.1) is 17.5 Å². The zero-order valence-corrected chi connectivity index (χ0v) is 19.5. The third-order valence-electron chi connectivity index (χ3n) is 5.92. The highest BCUT2D eigenvalue weighted by molar-refractivity contribution is 7.89. The second-order valence-electron chi connectivity index (χ2n) is 8.11. The van der Waals surface area contributed by atoms with Crippen molar-refractivity contribution >= 4 is 32.5 Å². The van der Waals surface area contributed by atoms with Crippen molar-refractivity contribution in [2.75, 3.05) is 25.5 Å². The smallest absolute Gasteiger partial charge is 0.251 e. The standard InChI is InChI=1S/C24H27N3O5S/c1-17-16-23(29)27(24-20(17)6-5-7-21(24)32-2)15-12-22(28)25-18-8-10-19(11-9-18)33(30,31)26-13-3-4-14-26/h5-11,16H,3-4,12-15H2,1-2H3,(H,25,28). The number of para-hydroxylation sites is 1. The molecule has 0 atom stereocenters. The number of aryl methyl sites for hydroxylation is 2. The van der Waals surface area contributed by atoms with Crippen LogP contribution in [0.3, 0.4) is 0 Å². The molecule has 0 spiro atoms. The minimum absolute atomic E-state index is 0.0734. The molecule has 0 bridgehead atoms. The van der Waals surface area contributed by atoms with E-state index in [2.05, 4.69) is 5.32 Å². The average Bonchev–Trinajstić information content (AvgIpc) is 3.35. The molecule has 1 aromatic heterocycles. The van der Waals surface area contributed by atoms with E-state index in [9.17, 15) is 18.0 Å². The van der Waals surface area contributed by atoms with Crippen LogP contribution >= 0.6 is 0 Å². The zero-order valence-electron chi connectivity index (χ0n) is 18.7. The molecule has 0 saturated carbocycles. The van der Waals surface area contributed by atoms with E-state index < -0.39 is 10.0 Å². The fraction of sp³-hybridized carbons (Fsp3) is 0.333. The van der Waals surface area contributed by atoms with Crippen molar-refractivity contribution in [3.8, 4) is 5.75 Å². The molecule has 2 aromatic carbocycles. The molecule has 0 unspecified atom stereocenters. The summed E-state index contributed by atoms with van der Waals surface area (Å²) in [7, 11) is -1.95. The highest BCUT2D eigenvalue weighted by atomic mass is 32.2. The monoisotopic (exact) mass is 469 g/mol. The molecule has 33 heavy (non-hydrogen) atoms. The van der Waals surface area contributed by atoms with Crippen molar-refractivity contribution in [1.82, 2.24) is 8.87 Å². The number of benzene rings is 2. The summed E-state index contributed by atoms with van der Waals surface area (Å²) in [5, 5.41) is 3.67. The van der Waals surface area contributed by atoms with Crippen LogP contribution in [-0.2, 0) is 21.4 Å².